The van der Waals surface area contributed by atoms with Crippen LogP contribution in [0.1, 0.15) is 0 Å². The van der Waals surface area contributed by atoms with E-state index in [9.17, 15) is 0 Å². The summed E-state index contributed by atoms with van der Waals surface area (Å²) in [6.07, 6.45) is 6.06. The van der Waals surface area contributed by atoms with Crippen molar-refractivity contribution in [1.82, 2.24) is 19.1 Å². The maximum atomic E-state index is 5.41. The smallest absolute Gasteiger partial charge is 0.140 e. The van der Waals surface area contributed by atoms with Gasteiger partial charge in [0.15, 0.2) is 0 Å². The van der Waals surface area contributed by atoms with Gasteiger partial charge in [-0.2, -0.15) is 0 Å². The molecule has 0 saturated heterocycles. The Morgan fingerprint density at radius 3 is 2.70 bits per heavy atom. The molecule has 134 valence electrons. The van der Waals surface area contributed by atoms with E-state index in [1.165, 1.54) is 0 Å². The fraction of sp³-hybridized carbons (Fsp3) is 0.143. The third-order valence-electron chi connectivity index (χ3n) is 4.94. The number of thiazole rings is 1. The lowest BCUT2D eigenvalue weighted by Gasteiger charge is -2.01. The zero-order chi connectivity index (χ0) is 18.5. The molecule has 0 fully saturated rings. The molecular formula is C21H18N4OS. The van der Waals surface area contributed by atoms with E-state index in [2.05, 4.69) is 52.6 Å². The fourth-order valence-corrected chi connectivity index (χ4v) is 4.45. The van der Waals surface area contributed by atoms with E-state index in [0.29, 0.717) is 0 Å². The second-order valence-electron chi connectivity index (χ2n) is 6.60. The first-order valence-corrected chi connectivity index (χ1v) is 9.53. The summed E-state index contributed by atoms with van der Waals surface area (Å²) in [6.45, 7) is 0. The van der Waals surface area contributed by atoms with Gasteiger partial charge in [0.25, 0.3) is 0 Å². The molecule has 0 spiro atoms. The maximum Gasteiger partial charge on any atom is 0.140 e. The highest BCUT2D eigenvalue weighted by molar-refractivity contribution is 7.13. The molecule has 5 nitrogen and oxygen atoms in total. The van der Waals surface area contributed by atoms with Crippen molar-refractivity contribution in [2.45, 2.75) is 0 Å². The van der Waals surface area contributed by atoms with Crippen LogP contribution in [0.5, 0.6) is 5.75 Å². The SMILES string of the molecule is COc1ccc2c(c1)c(-c1nc(-c3cn(C)c4ncccc34)cs1)cn2C. The van der Waals surface area contributed by atoms with Crippen molar-refractivity contribution in [3.05, 3.63) is 54.3 Å². The largest absolute Gasteiger partial charge is 0.497 e. The molecule has 4 heterocycles. The van der Waals surface area contributed by atoms with Crippen molar-refractivity contribution in [3.63, 3.8) is 0 Å². The first-order chi connectivity index (χ1) is 13.2. The van der Waals surface area contributed by atoms with Crippen molar-refractivity contribution in [3.8, 4) is 27.6 Å². The Kier molecular flexibility index (Phi) is 3.55. The molecule has 27 heavy (non-hydrogen) atoms. The molecule has 4 aromatic heterocycles. The Morgan fingerprint density at radius 2 is 1.85 bits per heavy atom. The van der Waals surface area contributed by atoms with Gasteiger partial charge in [0.2, 0.25) is 0 Å². The molecule has 0 atom stereocenters. The van der Waals surface area contributed by atoms with Gasteiger partial charge in [-0.25, -0.2) is 9.97 Å². The molecule has 0 amide bonds. The third-order valence-corrected chi connectivity index (χ3v) is 5.82. The van der Waals surface area contributed by atoms with Gasteiger partial charge in [-0.05, 0) is 30.3 Å². The van der Waals surface area contributed by atoms with E-state index in [0.717, 1.165) is 49.5 Å². The molecule has 5 aromatic rings. The van der Waals surface area contributed by atoms with Crippen molar-refractivity contribution in [2.24, 2.45) is 14.1 Å². The number of hydrogen-bond donors (Lipinski definition) is 0. The predicted molar refractivity (Wildman–Crippen MR) is 110 cm³/mol. The summed E-state index contributed by atoms with van der Waals surface area (Å²) in [5.41, 5.74) is 5.35. The van der Waals surface area contributed by atoms with Crippen molar-refractivity contribution >= 4 is 33.3 Å². The van der Waals surface area contributed by atoms with Gasteiger partial charge >= 0.3 is 0 Å². The summed E-state index contributed by atoms with van der Waals surface area (Å²) in [7, 11) is 5.77. The maximum absolute atomic E-state index is 5.41. The van der Waals surface area contributed by atoms with Crippen LogP contribution in [0, 0.1) is 0 Å². The number of fused-ring (bicyclic) bond motifs is 2. The molecule has 6 heteroatoms. The molecule has 0 unspecified atom stereocenters. The highest BCUT2D eigenvalue weighted by Crippen LogP contribution is 2.37. The number of methoxy groups -OCH3 is 1. The summed E-state index contributed by atoms with van der Waals surface area (Å²) >= 11 is 1.66. The molecule has 0 aliphatic carbocycles. The number of ether oxygens (including phenoxy) is 1. The zero-order valence-corrected chi connectivity index (χ0v) is 16.1. The van der Waals surface area contributed by atoms with Gasteiger partial charge in [0.1, 0.15) is 16.4 Å². The number of hydrogen-bond acceptors (Lipinski definition) is 4. The molecule has 0 bridgehead atoms. The highest BCUT2D eigenvalue weighted by atomic mass is 32.1. The van der Waals surface area contributed by atoms with Gasteiger partial charge in [-0.3, -0.25) is 0 Å². The van der Waals surface area contributed by atoms with Crippen LogP contribution >= 0.6 is 11.3 Å². The summed E-state index contributed by atoms with van der Waals surface area (Å²) in [5, 5.41) is 5.40. The van der Waals surface area contributed by atoms with E-state index in [-0.39, 0.29) is 0 Å². The van der Waals surface area contributed by atoms with E-state index in [1.54, 1.807) is 18.4 Å². The Hall–Kier alpha value is -3.12. The normalized spacial score (nSPS) is 11.5. The number of pyridine rings is 1. The average molecular weight is 374 g/mol. The lowest BCUT2D eigenvalue weighted by atomic mass is 10.1. The van der Waals surface area contributed by atoms with Gasteiger partial charge in [-0.15, -0.1) is 11.3 Å². The Bertz CT molecular complexity index is 1290. The van der Waals surface area contributed by atoms with Crippen LogP contribution in [0.2, 0.25) is 0 Å². The molecule has 0 N–H and O–H groups in total. The Morgan fingerprint density at radius 1 is 1.00 bits per heavy atom. The third kappa shape index (κ3) is 2.44. The lowest BCUT2D eigenvalue weighted by molar-refractivity contribution is 0.415. The molecule has 0 aliphatic rings. The van der Waals surface area contributed by atoms with Gasteiger partial charge in [-0.1, -0.05) is 0 Å². The standard InChI is InChI=1S/C21H18N4OS/c1-24-11-17(15-9-13(26-3)6-7-19(15)24)21-23-18(12-27-21)16-10-25(2)20-14(16)5-4-8-22-20/h4-12H,1-3H3. The van der Waals surface area contributed by atoms with Crippen LogP contribution in [-0.2, 0) is 14.1 Å². The molecule has 1 aromatic carbocycles. The highest BCUT2D eigenvalue weighted by Gasteiger charge is 2.16. The van der Waals surface area contributed by atoms with Crippen LogP contribution < -0.4 is 4.74 Å². The summed E-state index contributed by atoms with van der Waals surface area (Å²) < 4.78 is 9.59. The number of aromatic nitrogens is 4. The van der Waals surface area contributed by atoms with Crippen LogP contribution in [0.3, 0.4) is 0 Å². The first kappa shape index (κ1) is 16.1. The number of benzene rings is 1. The minimum absolute atomic E-state index is 0.854. The van der Waals surface area contributed by atoms with Crippen LogP contribution in [-0.4, -0.2) is 26.2 Å². The molecule has 0 radical (unpaired) electrons. The Balaban J connectivity index is 1.67. The first-order valence-electron chi connectivity index (χ1n) is 8.65. The van der Waals surface area contributed by atoms with Crippen LogP contribution in [0.15, 0.2) is 54.3 Å². The summed E-state index contributed by atoms with van der Waals surface area (Å²) in [6, 6.07) is 10.2. The van der Waals surface area contributed by atoms with E-state index >= 15 is 0 Å². The monoisotopic (exact) mass is 374 g/mol. The van der Waals surface area contributed by atoms with Gasteiger partial charge in [0.05, 0.1) is 12.8 Å². The molecule has 0 aliphatic heterocycles. The minimum Gasteiger partial charge on any atom is -0.497 e. The number of aryl methyl sites for hydroxylation is 2. The number of rotatable bonds is 3. The second kappa shape index (κ2) is 5.96. The Labute approximate surface area is 160 Å². The van der Waals surface area contributed by atoms with Crippen LogP contribution in [0.4, 0.5) is 0 Å². The van der Waals surface area contributed by atoms with Crippen molar-refractivity contribution in [2.75, 3.05) is 7.11 Å². The van der Waals surface area contributed by atoms with E-state index in [1.807, 2.05) is 29.9 Å². The minimum atomic E-state index is 0.854. The summed E-state index contributed by atoms with van der Waals surface area (Å²) in [5.74, 6) is 0.854. The van der Waals surface area contributed by atoms with Gasteiger partial charge in [0, 0.05) is 65.5 Å². The van der Waals surface area contributed by atoms with E-state index in [4.69, 9.17) is 9.72 Å². The lowest BCUT2D eigenvalue weighted by Crippen LogP contribution is -1.85. The number of nitrogens with zero attached hydrogens (tertiary/aromatic N) is 4. The zero-order valence-electron chi connectivity index (χ0n) is 15.3. The molecular weight excluding hydrogens is 356 g/mol. The average Bonchev–Trinajstić information content (AvgIpc) is 3.38. The topological polar surface area (TPSA) is 44.9 Å². The quantitative estimate of drug-likeness (QED) is 0.453. The second-order valence-corrected chi connectivity index (χ2v) is 7.46. The van der Waals surface area contributed by atoms with E-state index < -0.39 is 0 Å². The van der Waals surface area contributed by atoms with Crippen molar-refractivity contribution < 1.29 is 4.74 Å². The fourth-order valence-electron chi connectivity index (χ4n) is 3.61. The summed E-state index contributed by atoms with van der Waals surface area (Å²) in [4.78, 5) is 9.43. The van der Waals surface area contributed by atoms with Crippen molar-refractivity contribution in [1.29, 1.82) is 0 Å². The molecule has 0 saturated carbocycles. The molecule has 5 rings (SSSR count). The van der Waals surface area contributed by atoms with Crippen LogP contribution in [0.25, 0.3) is 43.8 Å². The predicted octanol–water partition coefficient (Wildman–Crippen LogP) is 4.86. The van der Waals surface area contributed by atoms with Gasteiger partial charge < -0.3 is 13.9 Å².